The Kier molecular flexibility index (Phi) is 4.09. The highest BCUT2D eigenvalue weighted by Gasteiger charge is 2.28. The van der Waals surface area contributed by atoms with Crippen LogP contribution in [0.5, 0.6) is 0 Å². The summed E-state index contributed by atoms with van der Waals surface area (Å²) in [5.41, 5.74) is -0.510. The van der Waals surface area contributed by atoms with Crippen LogP contribution in [0.3, 0.4) is 0 Å². The minimum absolute atomic E-state index is 0.437. The summed E-state index contributed by atoms with van der Waals surface area (Å²) in [7, 11) is 0. The van der Waals surface area contributed by atoms with Crippen molar-refractivity contribution in [1.82, 2.24) is 0 Å². The standard InChI is InChI=1S/C10H22O/c1-6-8(3)9(7-2)10(4,5)11/h8-9,11H,6-7H2,1-5H3. The van der Waals surface area contributed by atoms with Gasteiger partial charge in [0.2, 0.25) is 0 Å². The third-order valence-corrected chi connectivity index (χ3v) is 2.68. The molecule has 1 N–H and O–H groups in total. The molecule has 0 aromatic heterocycles. The van der Waals surface area contributed by atoms with Gasteiger partial charge in [-0.2, -0.15) is 0 Å². The molecule has 2 atom stereocenters. The third-order valence-electron chi connectivity index (χ3n) is 2.68. The molecule has 0 aliphatic carbocycles. The van der Waals surface area contributed by atoms with E-state index in [2.05, 4.69) is 20.8 Å². The predicted octanol–water partition coefficient (Wildman–Crippen LogP) is 2.83. The fourth-order valence-corrected chi connectivity index (χ4v) is 1.88. The summed E-state index contributed by atoms with van der Waals surface area (Å²) in [4.78, 5) is 0. The number of hydrogen-bond acceptors (Lipinski definition) is 1. The number of rotatable bonds is 4. The molecule has 68 valence electrons. The Bertz CT molecular complexity index is 102. The second-order valence-electron chi connectivity index (χ2n) is 4.05. The first-order valence-corrected chi connectivity index (χ1v) is 4.65. The van der Waals surface area contributed by atoms with Crippen molar-refractivity contribution in [2.45, 2.75) is 53.1 Å². The maximum Gasteiger partial charge on any atom is 0.0622 e. The third kappa shape index (κ3) is 3.24. The molecule has 1 heteroatoms. The van der Waals surface area contributed by atoms with Crippen LogP contribution < -0.4 is 0 Å². The lowest BCUT2D eigenvalue weighted by atomic mass is 9.78. The molecule has 0 saturated carbocycles. The van der Waals surface area contributed by atoms with Gasteiger partial charge in [-0.15, -0.1) is 0 Å². The van der Waals surface area contributed by atoms with Gasteiger partial charge in [0.05, 0.1) is 5.60 Å². The van der Waals surface area contributed by atoms with Gasteiger partial charge < -0.3 is 5.11 Å². The SMILES string of the molecule is CCC(C)C(CC)C(C)(C)O. The molecule has 1 nitrogen and oxygen atoms in total. The van der Waals surface area contributed by atoms with Gasteiger partial charge >= 0.3 is 0 Å². The first-order valence-electron chi connectivity index (χ1n) is 4.65. The Morgan fingerprint density at radius 2 is 1.64 bits per heavy atom. The fourth-order valence-electron chi connectivity index (χ4n) is 1.88. The molecule has 0 aliphatic heterocycles. The van der Waals surface area contributed by atoms with Crippen LogP contribution in [0.2, 0.25) is 0 Å². The topological polar surface area (TPSA) is 20.2 Å². The lowest BCUT2D eigenvalue weighted by molar-refractivity contribution is -0.00956. The molecular weight excluding hydrogens is 136 g/mol. The summed E-state index contributed by atoms with van der Waals surface area (Å²) in [6, 6.07) is 0. The molecule has 0 fully saturated rings. The van der Waals surface area contributed by atoms with Gasteiger partial charge in [-0.3, -0.25) is 0 Å². The van der Waals surface area contributed by atoms with E-state index in [1.807, 2.05) is 13.8 Å². The van der Waals surface area contributed by atoms with Crippen molar-refractivity contribution in [2.75, 3.05) is 0 Å². The monoisotopic (exact) mass is 158 g/mol. The second-order valence-corrected chi connectivity index (χ2v) is 4.05. The second kappa shape index (κ2) is 4.10. The average Bonchev–Trinajstić information content (AvgIpc) is 1.86. The van der Waals surface area contributed by atoms with Gasteiger partial charge in [0.25, 0.3) is 0 Å². The highest BCUT2D eigenvalue weighted by atomic mass is 16.3. The van der Waals surface area contributed by atoms with Crippen LogP contribution in [0, 0.1) is 11.8 Å². The van der Waals surface area contributed by atoms with E-state index in [1.165, 1.54) is 0 Å². The van der Waals surface area contributed by atoms with Gasteiger partial charge in [0.15, 0.2) is 0 Å². The van der Waals surface area contributed by atoms with E-state index >= 15 is 0 Å². The van der Waals surface area contributed by atoms with Crippen LogP contribution in [0.25, 0.3) is 0 Å². The average molecular weight is 158 g/mol. The van der Waals surface area contributed by atoms with E-state index in [0.29, 0.717) is 11.8 Å². The minimum atomic E-state index is -0.510. The van der Waals surface area contributed by atoms with Crippen LogP contribution in [0.15, 0.2) is 0 Å². The van der Waals surface area contributed by atoms with E-state index < -0.39 is 5.60 Å². The molecule has 0 rings (SSSR count). The van der Waals surface area contributed by atoms with E-state index in [1.54, 1.807) is 0 Å². The summed E-state index contributed by atoms with van der Waals surface area (Å²) < 4.78 is 0. The maximum atomic E-state index is 9.78. The zero-order valence-corrected chi connectivity index (χ0v) is 8.52. The van der Waals surface area contributed by atoms with Crippen LogP contribution in [-0.4, -0.2) is 10.7 Å². The molecular formula is C10H22O. The predicted molar refractivity (Wildman–Crippen MR) is 49.5 cm³/mol. The molecule has 0 aromatic carbocycles. The Morgan fingerprint density at radius 3 is 1.73 bits per heavy atom. The summed E-state index contributed by atoms with van der Waals surface area (Å²) >= 11 is 0. The zero-order valence-electron chi connectivity index (χ0n) is 8.52. The molecule has 11 heavy (non-hydrogen) atoms. The van der Waals surface area contributed by atoms with Crippen LogP contribution in [-0.2, 0) is 0 Å². The summed E-state index contributed by atoms with van der Waals surface area (Å²) in [5, 5.41) is 9.78. The fraction of sp³-hybridized carbons (Fsp3) is 1.00. The Labute approximate surface area is 70.8 Å². The lowest BCUT2D eigenvalue weighted by Crippen LogP contribution is -2.34. The van der Waals surface area contributed by atoms with Crippen LogP contribution in [0.4, 0.5) is 0 Å². The van der Waals surface area contributed by atoms with Crippen molar-refractivity contribution in [3.63, 3.8) is 0 Å². The van der Waals surface area contributed by atoms with Crippen LogP contribution in [0.1, 0.15) is 47.5 Å². The van der Waals surface area contributed by atoms with E-state index in [4.69, 9.17) is 0 Å². The zero-order chi connectivity index (χ0) is 9.07. The van der Waals surface area contributed by atoms with Crippen molar-refractivity contribution in [1.29, 1.82) is 0 Å². The highest BCUT2D eigenvalue weighted by Crippen LogP contribution is 2.29. The van der Waals surface area contributed by atoms with Gasteiger partial charge in [-0.1, -0.05) is 33.6 Å². The summed E-state index contributed by atoms with van der Waals surface area (Å²) in [5.74, 6) is 1.06. The normalized spacial score (nSPS) is 18.0. The van der Waals surface area contributed by atoms with Crippen molar-refractivity contribution < 1.29 is 5.11 Å². The Balaban J connectivity index is 4.16. The quantitative estimate of drug-likeness (QED) is 0.667. The van der Waals surface area contributed by atoms with E-state index in [-0.39, 0.29) is 0 Å². The van der Waals surface area contributed by atoms with Crippen molar-refractivity contribution in [2.24, 2.45) is 11.8 Å². The molecule has 0 aromatic rings. The minimum Gasteiger partial charge on any atom is -0.390 e. The molecule has 2 unspecified atom stereocenters. The van der Waals surface area contributed by atoms with Gasteiger partial charge in [0, 0.05) is 0 Å². The molecule has 0 amide bonds. The van der Waals surface area contributed by atoms with Crippen molar-refractivity contribution >= 4 is 0 Å². The molecule has 0 radical (unpaired) electrons. The van der Waals surface area contributed by atoms with Crippen molar-refractivity contribution in [3.05, 3.63) is 0 Å². The Morgan fingerprint density at radius 1 is 1.18 bits per heavy atom. The highest BCUT2D eigenvalue weighted by molar-refractivity contribution is 4.79. The Hall–Kier alpha value is -0.0400. The van der Waals surface area contributed by atoms with Gasteiger partial charge in [-0.25, -0.2) is 0 Å². The van der Waals surface area contributed by atoms with Gasteiger partial charge in [-0.05, 0) is 25.7 Å². The molecule has 0 heterocycles. The summed E-state index contributed by atoms with van der Waals surface area (Å²) in [6.45, 7) is 10.4. The number of hydrogen-bond donors (Lipinski definition) is 1. The molecule has 0 saturated heterocycles. The van der Waals surface area contributed by atoms with E-state index in [9.17, 15) is 5.11 Å². The summed E-state index contributed by atoms with van der Waals surface area (Å²) in [6.07, 6.45) is 2.22. The largest absolute Gasteiger partial charge is 0.390 e. The van der Waals surface area contributed by atoms with Crippen LogP contribution >= 0.6 is 0 Å². The first kappa shape index (κ1) is 11.0. The molecule has 0 aliphatic rings. The van der Waals surface area contributed by atoms with Crippen molar-refractivity contribution in [3.8, 4) is 0 Å². The van der Waals surface area contributed by atoms with E-state index in [0.717, 1.165) is 12.8 Å². The molecule has 0 spiro atoms. The molecule has 0 bridgehead atoms. The first-order chi connectivity index (χ1) is 4.93. The van der Waals surface area contributed by atoms with Gasteiger partial charge in [0.1, 0.15) is 0 Å². The lowest BCUT2D eigenvalue weighted by Gasteiger charge is -2.32. The smallest absolute Gasteiger partial charge is 0.0622 e. The maximum absolute atomic E-state index is 9.78. The number of aliphatic hydroxyl groups is 1.